The Labute approximate surface area is 125 Å². The largest absolute Gasteiger partial charge is 0.370 e. The molecule has 0 radical (unpaired) electrons. The number of aromatic nitrogens is 4. The van der Waals surface area contributed by atoms with Crippen LogP contribution in [-0.4, -0.2) is 26.1 Å². The fourth-order valence-electron chi connectivity index (χ4n) is 2.20. The van der Waals surface area contributed by atoms with Crippen LogP contribution in [0.15, 0.2) is 18.5 Å². The highest BCUT2D eigenvalue weighted by Crippen LogP contribution is 2.16. The zero-order valence-corrected chi connectivity index (χ0v) is 13.0. The van der Waals surface area contributed by atoms with E-state index >= 15 is 0 Å². The highest BCUT2D eigenvalue weighted by atomic mass is 15.1. The normalized spacial score (nSPS) is 11.0. The summed E-state index contributed by atoms with van der Waals surface area (Å²) >= 11 is 0. The van der Waals surface area contributed by atoms with Crippen molar-refractivity contribution in [1.29, 1.82) is 0 Å². The van der Waals surface area contributed by atoms with Gasteiger partial charge in [0.15, 0.2) is 0 Å². The third-order valence-corrected chi connectivity index (χ3v) is 3.35. The van der Waals surface area contributed by atoms with Gasteiger partial charge in [-0.05, 0) is 12.3 Å². The highest BCUT2D eigenvalue weighted by molar-refractivity contribution is 5.41. The van der Waals surface area contributed by atoms with E-state index < -0.39 is 0 Å². The Morgan fingerprint density at radius 3 is 2.86 bits per heavy atom. The van der Waals surface area contributed by atoms with E-state index in [1.807, 2.05) is 18.5 Å². The molecule has 0 unspecified atom stereocenters. The molecule has 3 N–H and O–H groups in total. The Morgan fingerprint density at radius 1 is 1.33 bits per heavy atom. The Balaban J connectivity index is 1.86. The van der Waals surface area contributed by atoms with Gasteiger partial charge >= 0.3 is 0 Å². The second kappa shape index (κ2) is 7.06. The van der Waals surface area contributed by atoms with Crippen LogP contribution in [0, 0.1) is 0 Å². The van der Waals surface area contributed by atoms with Crippen LogP contribution in [0.4, 0.5) is 11.8 Å². The molecule has 21 heavy (non-hydrogen) atoms. The van der Waals surface area contributed by atoms with E-state index in [-0.39, 0.29) is 0 Å². The number of anilines is 2. The van der Waals surface area contributed by atoms with Gasteiger partial charge < -0.3 is 15.6 Å². The van der Waals surface area contributed by atoms with Gasteiger partial charge in [0.2, 0.25) is 5.95 Å². The van der Waals surface area contributed by atoms with Gasteiger partial charge in [-0.2, -0.15) is 4.98 Å². The van der Waals surface area contributed by atoms with Gasteiger partial charge in [0.25, 0.3) is 0 Å². The molecular formula is C15H24N6. The van der Waals surface area contributed by atoms with Crippen molar-refractivity contribution in [2.24, 2.45) is 0 Å². The van der Waals surface area contributed by atoms with E-state index in [0.717, 1.165) is 43.3 Å². The van der Waals surface area contributed by atoms with Gasteiger partial charge in [-0.15, -0.1) is 0 Å². The molecule has 6 nitrogen and oxygen atoms in total. The molecule has 0 aromatic carbocycles. The summed E-state index contributed by atoms with van der Waals surface area (Å²) in [6.07, 6.45) is 5.84. The van der Waals surface area contributed by atoms with Crippen molar-refractivity contribution in [3.05, 3.63) is 30.0 Å². The number of hydrogen-bond donors (Lipinski definition) is 2. The molecule has 114 valence electrons. The number of nitrogens with zero attached hydrogens (tertiary/aromatic N) is 4. The Kier molecular flexibility index (Phi) is 5.14. The predicted molar refractivity (Wildman–Crippen MR) is 85.2 cm³/mol. The molecule has 0 aliphatic heterocycles. The third-order valence-electron chi connectivity index (χ3n) is 3.35. The van der Waals surface area contributed by atoms with Crippen molar-refractivity contribution in [3.63, 3.8) is 0 Å². The molecule has 0 atom stereocenters. The molecular weight excluding hydrogens is 264 g/mol. The summed E-state index contributed by atoms with van der Waals surface area (Å²) in [5, 5.41) is 3.32. The number of rotatable bonds is 7. The van der Waals surface area contributed by atoms with E-state index in [0.29, 0.717) is 11.9 Å². The molecule has 6 heteroatoms. The van der Waals surface area contributed by atoms with Gasteiger partial charge in [-0.25, -0.2) is 9.97 Å². The minimum absolute atomic E-state index is 0.326. The van der Waals surface area contributed by atoms with Crippen LogP contribution in [0.2, 0.25) is 0 Å². The first-order chi connectivity index (χ1) is 10.1. The molecule has 2 aromatic rings. The number of imidazole rings is 1. The second-order valence-corrected chi connectivity index (χ2v) is 5.36. The fourth-order valence-corrected chi connectivity index (χ4v) is 2.20. The second-order valence-electron chi connectivity index (χ2n) is 5.36. The lowest BCUT2D eigenvalue weighted by Gasteiger charge is -2.11. The minimum Gasteiger partial charge on any atom is -0.370 e. The number of nitrogens with one attached hydrogen (secondary N) is 1. The quantitative estimate of drug-likeness (QED) is 0.765. The maximum atomic E-state index is 5.74. The van der Waals surface area contributed by atoms with Crippen LogP contribution in [0.1, 0.15) is 44.6 Å². The average molecular weight is 288 g/mol. The predicted octanol–water partition coefficient (Wildman–Crippen LogP) is 2.44. The molecule has 0 aliphatic carbocycles. The lowest BCUT2D eigenvalue weighted by Crippen LogP contribution is -2.11. The van der Waals surface area contributed by atoms with Crippen molar-refractivity contribution in [2.45, 2.75) is 46.1 Å². The zero-order chi connectivity index (χ0) is 15.2. The summed E-state index contributed by atoms with van der Waals surface area (Å²) in [6, 6.07) is 1.97. The molecule has 0 amide bonds. The van der Waals surface area contributed by atoms with Crippen molar-refractivity contribution >= 4 is 11.8 Å². The van der Waals surface area contributed by atoms with Crippen LogP contribution < -0.4 is 11.1 Å². The maximum Gasteiger partial charge on any atom is 0.222 e. The third kappa shape index (κ3) is 4.18. The molecule has 0 bridgehead atoms. The Hall–Kier alpha value is -2.11. The Morgan fingerprint density at radius 2 is 2.14 bits per heavy atom. The molecule has 0 saturated carbocycles. The summed E-state index contributed by atoms with van der Waals surface area (Å²) in [6.45, 7) is 8.10. The summed E-state index contributed by atoms with van der Waals surface area (Å²) in [5.74, 6) is 2.59. The topological polar surface area (TPSA) is 81.7 Å². The minimum atomic E-state index is 0.326. The zero-order valence-electron chi connectivity index (χ0n) is 13.0. The molecule has 2 aromatic heterocycles. The molecule has 0 fully saturated rings. The summed E-state index contributed by atoms with van der Waals surface area (Å²) in [7, 11) is 0. The summed E-state index contributed by atoms with van der Waals surface area (Å²) < 4.78 is 2.19. The highest BCUT2D eigenvalue weighted by Gasteiger charge is 2.06. The van der Waals surface area contributed by atoms with Crippen molar-refractivity contribution in [1.82, 2.24) is 19.5 Å². The number of nitrogen functional groups attached to an aromatic ring is 1. The van der Waals surface area contributed by atoms with Gasteiger partial charge in [0.1, 0.15) is 11.6 Å². The number of nitrogens with two attached hydrogens (primary N) is 1. The van der Waals surface area contributed by atoms with Gasteiger partial charge in [0, 0.05) is 38.0 Å². The first-order valence-corrected chi connectivity index (χ1v) is 7.48. The van der Waals surface area contributed by atoms with Crippen LogP contribution in [0.5, 0.6) is 0 Å². The van der Waals surface area contributed by atoms with E-state index in [1.54, 1.807) is 0 Å². The standard InChI is InChI=1S/C15H24N6/c1-4-14-18-7-9-21(14)8-5-6-17-13-10-12(11(2)3)19-15(16)20-13/h7,9-11H,4-6,8H2,1-3H3,(H3,16,17,19,20). The molecule has 2 rings (SSSR count). The molecule has 0 spiro atoms. The fraction of sp³-hybridized carbons (Fsp3) is 0.533. The molecule has 0 aliphatic rings. The lowest BCUT2D eigenvalue weighted by molar-refractivity contribution is 0.628. The van der Waals surface area contributed by atoms with Crippen molar-refractivity contribution < 1.29 is 0 Å². The van der Waals surface area contributed by atoms with E-state index in [4.69, 9.17) is 5.73 Å². The SMILES string of the molecule is CCc1nccn1CCCNc1cc(C(C)C)nc(N)n1. The van der Waals surface area contributed by atoms with Gasteiger partial charge in [0.05, 0.1) is 5.69 Å². The van der Waals surface area contributed by atoms with Crippen molar-refractivity contribution in [2.75, 3.05) is 17.6 Å². The van der Waals surface area contributed by atoms with Crippen LogP contribution in [0.3, 0.4) is 0 Å². The maximum absolute atomic E-state index is 5.74. The van der Waals surface area contributed by atoms with Crippen LogP contribution >= 0.6 is 0 Å². The van der Waals surface area contributed by atoms with Gasteiger partial charge in [-0.3, -0.25) is 0 Å². The summed E-state index contributed by atoms with van der Waals surface area (Å²) in [4.78, 5) is 12.8. The molecule has 2 heterocycles. The molecule has 0 saturated heterocycles. The van der Waals surface area contributed by atoms with E-state index in [2.05, 4.69) is 45.6 Å². The van der Waals surface area contributed by atoms with E-state index in [1.165, 1.54) is 0 Å². The number of hydrogen-bond acceptors (Lipinski definition) is 5. The van der Waals surface area contributed by atoms with Crippen molar-refractivity contribution in [3.8, 4) is 0 Å². The van der Waals surface area contributed by atoms with Crippen LogP contribution in [0.25, 0.3) is 0 Å². The lowest BCUT2D eigenvalue weighted by atomic mass is 10.1. The van der Waals surface area contributed by atoms with E-state index in [9.17, 15) is 0 Å². The van der Waals surface area contributed by atoms with Gasteiger partial charge in [-0.1, -0.05) is 20.8 Å². The Bertz CT molecular complexity index is 575. The number of aryl methyl sites for hydroxylation is 2. The monoisotopic (exact) mass is 288 g/mol. The van der Waals surface area contributed by atoms with Crippen LogP contribution in [-0.2, 0) is 13.0 Å². The summed E-state index contributed by atoms with van der Waals surface area (Å²) in [5.41, 5.74) is 6.71. The first-order valence-electron chi connectivity index (χ1n) is 7.48. The first kappa shape index (κ1) is 15.3. The smallest absolute Gasteiger partial charge is 0.222 e. The average Bonchev–Trinajstić information content (AvgIpc) is 2.90.